The van der Waals surface area contributed by atoms with Gasteiger partial charge in [-0.3, -0.25) is 14.3 Å². The summed E-state index contributed by atoms with van der Waals surface area (Å²) in [7, 11) is 0. The van der Waals surface area contributed by atoms with E-state index >= 15 is 0 Å². The number of hydrogen-bond donors (Lipinski definition) is 0. The molecule has 35 heavy (non-hydrogen) atoms. The Bertz CT molecular complexity index is 1490. The van der Waals surface area contributed by atoms with Crippen molar-refractivity contribution in [2.75, 3.05) is 32.8 Å². The smallest absolute Gasteiger partial charge is 0.336 e. The van der Waals surface area contributed by atoms with Crippen molar-refractivity contribution < 1.29 is 9.15 Å². The number of hydrogen-bond acceptors (Lipinski definition) is 7. The predicted octanol–water partition coefficient (Wildman–Crippen LogP) is 4.13. The summed E-state index contributed by atoms with van der Waals surface area (Å²) in [6.45, 7) is 8.93. The zero-order chi connectivity index (χ0) is 24.4. The number of benzene rings is 2. The van der Waals surface area contributed by atoms with E-state index in [-0.39, 0.29) is 11.2 Å². The number of fused-ring (bicyclic) bond motifs is 2. The fourth-order valence-corrected chi connectivity index (χ4v) is 5.49. The largest absolute Gasteiger partial charge is 0.423 e. The molecule has 1 aliphatic rings. The van der Waals surface area contributed by atoms with Gasteiger partial charge < -0.3 is 9.15 Å². The molecule has 182 valence electrons. The van der Waals surface area contributed by atoms with Crippen molar-refractivity contribution in [1.82, 2.24) is 14.5 Å². The molecule has 1 aliphatic heterocycles. The first-order chi connectivity index (χ1) is 17.0. The quantitative estimate of drug-likeness (QED) is 0.218. The highest BCUT2D eigenvalue weighted by molar-refractivity contribution is 7.98. The van der Waals surface area contributed by atoms with Gasteiger partial charge in [0.15, 0.2) is 5.16 Å². The Labute approximate surface area is 207 Å². The maximum absolute atomic E-state index is 13.4. The molecule has 5 rings (SSSR count). The van der Waals surface area contributed by atoms with Crippen LogP contribution in [0.5, 0.6) is 0 Å². The van der Waals surface area contributed by atoms with Gasteiger partial charge in [0.05, 0.1) is 24.1 Å². The molecule has 0 saturated carbocycles. The number of aromatic nitrogens is 2. The Hall–Kier alpha value is -2.94. The van der Waals surface area contributed by atoms with E-state index in [0.29, 0.717) is 33.9 Å². The van der Waals surface area contributed by atoms with Gasteiger partial charge in [0.2, 0.25) is 0 Å². The summed E-state index contributed by atoms with van der Waals surface area (Å²) in [6.07, 6.45) is 0.851. The molecule has 1 fully saturated rings. The Morgan fingerprint density at radius 2 is 1.74 bits per heavy atom. The number of ether oxygens (including phenoxy) is 1. The van der Waals surface area contributed by atoms with Gasteiger partial charge in [-0.1, -0.05) is 23.9 Å². The molecular formula is C27H29N3O4S. The number of morpholine rings is 1. The lowest BCUT2D eigenvalue weighted by Crippen LogP contribution is -2.37. The minimum atomic E-state index is -0.370. The third kappa shape index (κ3) is 5.19. The van der Waals surface area contributed by atoms with Crippen molar-refractivity contribution in [3.8, 4) is 0 Å². The van der Waals surface area contributed by atoms with Gasteiger partial charge in [0.1, 0.15) is 5.58 Å². The zero-order valence-electron chi connectivity index (χ0n) is 20.1. The van der Waals surface area contributed by atoms with E-state index in [4.69, 9.17) is 14.1 Å². The minimum Gasteiger partial charge on any atom is -0.423 e. The first-order valence-corrected chi connectivity index (χ1v) is 12.9. The molecule has 0 amide bonds. The van der Waals surface area contributed by atoms with Crippen LogP contribution in [0.2, 0.25) is 0 Å². The van der Waals surface area contributed by atoms with E-state index in [1.54, 1.807) is 10.6 Å². The first-order valence-electron chi connectivity index (χ1n) is 12.0. The summed E-state index contributed by atoms with van der Waals surface area (Å²) in [5.74, 6) is 0.513. The highest BCUT2D eigenvalue weighted by Crippen LogP contribution is 2.28. The predicted molar refractivity (Wildman–Crippen MR) is 139 cm³/mol. The second-order valence-corrected chi connectivity index (χ2v) is 9.93. The molecule has 2 aromatic carbocycles. The maximum Gasteiger partial charge on any atom is 0.336 e. The van der Waals surface area contributed by atoms with Crippen molar-refractivity contribution in [1.29, 1.82) is 0 Å². The van der Waals surface area contributed by atoms with Crippen molar-refractivity contribution in [2.45, 2.75) is 37.7 Å². The molecule has 3 heterocycles. The lowest BCUT2D eigenvalue weighted by atomic mass is 10.0. The van der Waals surface area contributed by atoms with Crippen LogP contribution in [0.15, 0.2) is 61.6 Å². The van der Waals surface area contributed by atoms with Crippen LogP contribution in [0.1, 0.15) is 23.1 Å². The SMILES string of the molecule is Cc1cc2oc(=O)cc(CSc3nc4ccccc4c(=O)n3CCCN3CCOCC3)c2cc1C. The van der Waals surface area contributed by atoms with Gasteiger partial charge in [0.25, 0.3) is 5.56 Å². The van der Waals surface area contributed by atoms with Gasteiger partial charge in [-0.15, -0.1) is 0 Å². The van der Waals surface area contributed by atoms with Crippen molar-refractivity contribution >= 4 is 33.6 Å². The van der Waals surface area contributed by atoms with Crippen LogP contribution < -0.4 is 11.2 Å². The zero-order valence-corrected chi connectivity index (χ0v) is 20.9. The summed E-state index contributed by atoms with van der Waals surface area (Å²) in [5.41, 5.74) is 3.98. The van der Waals surface area contributed by atoms with Gasteiger partial charge in [0, 0.05) is 43.4 Å². The molecule has 4 aromatic rings. The van der Waals surface area contributed by atoms with Crippen LogP contribution in [0.3, 0.4) is 0 Å². The minimum absolute atomic E-state index is 0.0241. The number of aryl methyl sites for hydroxylation is 2. The van der Waals surface area contributed by atoms with E-state index in [9.17, 15) is 9.59 Å². The molecule has 0 aliphatic carbocycles. The van der Waals surface area contributed by atoms with Crippen molar-refractivity contribution in [3.05, 3.63) is 79.9 Å². The molecule has 7 nitrogen and oxygen atoms in total. The Balaban J connectivity index is 1.45. The van der Waals surface area contributed by atoms with E-state index in [1.807, 2.05) is 44.2 Å². The molecule has 0 radical (unpaired) electrons. The number of thioether (sulfide) groups is 1. The van der Waals surface area contributed by atoms with Crippen LogP contribution in [0.4, 0.5) is 0 Å². The lowest BCUT2D eigenvalue weighted by molar-refractivity contribution is 0.0368. The topological polar surface area (TPSA) is 77.6 Å². The first kappa shape index (κ1) is 23.8. The molecular weight excluding hydrogens is 462 g/mol. The number of rotatable bonds is 7. The van der Waals surface area contributed by atoms with Gasteiger partial charge >= 0.3 is 5.63 Å². The van der Waals surface area contributed by atoms with Crippen LogP contribution in [-0.4, -0.2) is 47.3 Å². The standard InChI is InChI=1S/C27H29N3O4S/c1-18-14-22-20(16-25(31)34-24(22)15-19(18)2)17-35-27-28-23-7-4-3-6-21(23)26(32)30(27)9-5-8-29-10-12-33-13-11-29/h3-4,6-7,14-16H,5,8-13,17H2,1-2H3. The van der Waals surface area contributed by atoms with Crippen molar-refractivity contribution in [2.24, 2.45) is 0 Å². The fraction of sp³-hybridized carbons (Fsp3) is 0.370. The highest BCUT2D eigenvalue weighted by Gasteiger charge is 2.15. The van der Waals surface area contributed by atoms with Gasteiger partial charge in [-0.2, -0.15) is 0 Å². The summed E-state index contributed by atoms with van der Waals surface area (Å²) in [6, 6.07) is 13.0. The Morgan fingerprint density at radius 1 is 0.971 bits per heavy atom. The average Bonchev–Trinajstić information content (AvgIpc) is 2.86. The van der Waals surface area contributed by atoms with Crippen LogP contribution in [0.25, 0.3) is 21.9 Å². The van der Waals surface area contributed by atoms with E-state index in [2.05, 4.69) is 11.0 Å². The molecule has 0 atom stereocenters. The van der Waals surface area contributed by atoms with Gasteiger partial charge in [-0.05, 0) is 61.2 Å². The Morgan fingerprint density at radius 3 is 2.57 bits per heavy atom. The third-order valence-electron chi connectivity index (χ3n) is 6.59. The third-order valence-corrected chi connectivity index (χ3v) is 7.61. The molecule has 0 unspecified atom stereocenters. The van der Waals surface area contributed by atoms with Crippen LogP contribution >= 0.6 is 11.8 Å². The molecule has 1 saturated heterocycles. The lowest BCUT2D eigenvalue weighted by Gasteiger charge is -2.26. The van der Waals surface area contributed by atoms with Crippen LogP contribution in [0, 0.1) is 13.8 Å². The average molecular weight is 492 g/mol. The molecule has 2 aromatic heterocycles. The van der Waals surface area contributed by atoms with E-state index in [1.165, 1.54) is 11.8 Å². The summed E-state index contributed by atoms with van der Waals surface area (Å²) in [5, 5.41) is 2.21. The van der Waals surface area contributed by atoms with Gasteiger partial charge in [-0.25, -0.2) is 9.78 Å². The van der Waals surface area contributed by atoms with Crippen molar-refractivity contribution in [3.63, 3.8) is 0 Å². The number of para-hydroxylation sites is 1. The van der Waals surface area contributed by atoms with E-state index in [0.717, 1.165) is 61.3 Å². The Kier molecular flexibility index (Phi) is 7.04. The highest BCUT2D eigenvalue weighted by atomic mass is 32.2. The summed E-state index contributed by atoms with van der Waals surface area (Å²) < 4.78 is 12.7. The molecule has 8 heteroatoms. The number of nitrogens with zero attached hydrogens (tertiary/aromatic N) is 3. The summed E-state index contributed by atoms with van der Waals surface area (Å²) in [4.78, 5) is 32.9. The molecule has 0 bridgehead atoms. The molecule has 0 N–H and O–H groups in total. The van der Waals surface area contributed by atoms with Crippen LogP contribution in [-0.2, 0) is 17.0 Å². The second kappa shape index (κ2) is 10.4. The summed E-state index contributed by atoms with van der Waals surface area (Å²) >= 11 is 1.49. The monoisotopic (exact) mass is 491 g/mol. The normalized spacial score (nSPS) is 14.7. The van der Waals surface area contributed by atoms with E-state index < -0.39 is 0 Å². The fourth-order valence-electron chi connectivity index (χ4n) is 4.48. The maximum atomic E-state index is 13.4. The molecule has 0 spiro atoms. The second-order valence-electron chi connectivity index (χ2n) is 8.99.